The molecule has 1 aliphatic carbocycles. The molecule has 2 aliphatic rings. The molecule has 3 atom stereocenters. The first-order valence-electron chi connectivity index (χ1n) is 8.28. The topological polar surface area (TPSA) is 35.5 Å². The van der Waals surface area contributed by atoms with Crippen molar-refractivity contribution in [3.63, 3.8) is 0 Å². The Bertz CT molecular complexity index is 269. The fourth-order valence-corrected chi connectivity index (χ4v) is 3.96. The number of nitrogens with zero attached hydrogens (tertiary/aromatic N) is 1. The van der Waals surface area contributed by atoms with Gasteiger partial charge in [-0.15, -0.1) is 0 Å². The predicted molar refractivity (Wildman–Crippen MR) is 80.3 cm³/mol. The van der Waals surface area contributed by atoms with Crippen LogP contribution in [0, 0.1) is 5.92 Å². The molecule has 2 N–H and O–H groups in total. The zero-order valence-electron chi connectivity index (χ0n) is 12.8. The van der Waals surface area contributed by atoms with Gasteiger partial charge in [0.1, 0.15) is 0 Å². The van der Waals surface area contributed by atoms with Crippen LogP contribution in [0.25, 0.3) is 0 Å². The Hall–Kier alpha value is -0.120. The molecule has 0 aromatic carbocycles. The van der Waals surface area contributed by atoms with Crippen LogP contribution in [-0.2, 0) is 0 Å². The Morgan fingerprint density at radius 3 is 2.68 bits per heavy atom. The van der Waals surface area contributed by atoms with Gasteiger partial charge in [0, 0.05) is 12.6 Å². The van der Waals surface area contributed by atoms with E-state index in [1.54, 1.807) is 0 Å². The average Bonchev–Trinajstić information content (AvgIpc) is 2.46. The lowest BCUT2D eigenvalue weighted by molar-refractivity contribution is 0.0253. The molecule has 3 heteroatoms. The minimum atomic E-state index is -0.130. The average molecular weight is 268 g/mol. The zero-order chi connectivity index (χ0) is 13.7. The van der Waals surface area contributed by atoms with Crippen LogP contribution >= 0.6 is 0 Å². The lowest BCUT2D eigenvalue weighted by Gasteiger charge is -2.47. The molecule has 0 radical (unpaired) electrons. The van der Waals surface area contributed by atoms with Gasteiger partial charge in [0.2, 0.25) is 0 Å². The molecule has 3 unspecified atom stereocenters. The third-order valence-corrected chi connectivity index (χ3v) is 5.06. The van der Waals surface area contributed by atoms with E-state index in [-0.39, 0.29) is 12.1 Å². The maximum absolute atomic E-state index is 9.75. The molecule has 2 fully saturated rings. The predicted octanol–water partition coefficient (Wildman–Crippen LogP) is 2.39. The highest BCUT2D eigenvalue weighted by atomic mass is 16.3. The van der Waals surface area contributed by atoms with Crippen molar-refractivity contribution < 1.29 is 5.11 Å². The normalized spacial score (nSPS) is 31.7. The number of fused-ring (bicyclic) bond motifs is 1. The van der Waals surface area contributed by atoms with Crippen LogP contribution in [0.4, 0.5) is 0 Å². The van der Waals surface area contributed by atoms with Crippen molar-refractivity contribution in [3.8, 4) is 0 Å². The largest absolute Gasteiger partial charge is 0.394 e. The second-order valence-electron chi connectivity index (χ2n) is 6.87. The van der Waals surface area contributed by atoms with Crippen LogP contribution in [0.5, 0.6) is 0 Å². The molecule has 0 spiro atoms. The Kier molecular flexibility index (Phi) is 5.67. The number of hydrogen-bond acceptors (Lipinski definition) is 3. The van der Waals surface area contributed by atoms with Crippen molar-refractivity contribution in [3.05, 3.63) is 0 Å². The standard InChI is InChI=1S/C16H32N2O/c1-3-10-17-16(2,13-19)12-18-11-6-8-14-7-4-5-9-15(14)18/h14-15,17,19H,3-13H2,1-2H3. The number of rotatable bonds is 6. The summed E-state index contributed by atoms with van der Waals surface area (Å²) in [6.07, 6.45) is 9.53. The van der Waals surface area contributed by atoms with Crippen LogP contribution in [0.2, 0.25) is 0 Å². The van der Waals surface area contributed by atoms with E-state index in [1.807, 2.05) is 0 Å². The van der Waals surface area contributed by atoms with Crippen molar-refractivity contribution in [2.75, 3.05) is 26.2 Å². The molecule has 1 saturated heterocycles. The summed E-state index contributed by atoms with van der Waals surface area (Å²) in [5.74, 6) is 0.927. The number of piperidine rings is 1. The smallest absolute Gasteiger partial charge is 0.0623 e. The van der Waals surface area contributed by atoms with E-state index in [9.17, 15) is 5.11 Å². The Labute approximate surface area is 118 Å². The van der Waals surface area contributed by atoms with Gasteiger partial charge in [-0.05, 0) is 58.0 Å². The van der Waals surface area contributed by atoms with E-state index in [4.69, 9.17) is 0 Å². The van der Waals surface area contributed by atoms with Gasteiger partial charge in [0.15, 0.2) is 0 Å². The van der Waals surface area contributed by atoms with Crippen molar-refractivity contribution in [1.82, 2.24) is 10.2 Å². The number of hydrogen-bond donors (Lipinski definition) is 2. The van der Waals surface area contributed by atoms with Crippen LogP contribution in [0.15, 0.2) is 0 Å². The van der Waals surface area contributed by atoms with E-state index in [0.29, 0.717) is 0 Å². The van der Waals surface area contributed by atoms with Gasteiger partial charge in [-0.1, -0.05) is 19.8 Å². The van der Waals surface area contributed by atoms with Gasteiger partial charge in [-0.3, -0.25) is 4.90 Å². The third kappa shape index (κ3) is 3.93. The fraction of sp³-hybridized carbons (Fsp3) is 1.00. The van der Waals surface area contributed by atoms with E-state index in [0.717, 1.165) is 31.5 Å². The van der Waals surface area contributed by atoms with Crippen molar-refractivity contribution in [2.24, 2.45) is 5.92 Å². The summed E-state index contributed by atoms with van der Waals surface area (Å²) < 4.78 is 0. The van der Waals surface area contributed by atoms with E-state index in [1.165, 1.54) is 45.1 Å². The minimum absolute atomic E-state index is 0.130. The molecule has 19 heavy (non-hydrogen) atoms. The Morgan fingerprint density at radius 1 is 1.21 bits per heavy atom. The Morgan fingerprint density at radius 2 is 1.95 bits per heavy atom. The first kappa shape index (κ1) is 15.3. The van der Waals surface area contributed by atoms with Gasteiger partial charge < -0.3 is 10.4 Å². The SMILES string of the molecule is CCCNC(C)(CO)CN1CCCC2CCCCC21. The molecule has 1 aliphatic heterocycles. The van der Waals surface area contributed by atoms with Crippen LogP contribution in [0.1, 0.15) is 58.8 Å². The van der Waals surface area contributed by atoms with Crippen molar-refractivity contribution >= 4 is 0 Å². The van der Waals surface area contributed by atoms with Crippen molar-refractivity contribution in [1.29, 1.82) is 0 Å². The van der Waals surface area contributed by atoms with Gasteiger partial charge in [-0.25, -0.2) is 0 Å². The molecule has 0 bridgehead atoms. The van der Waals surface area contributed by atoms with Gasteiger partial charge in [0.05, 0.1) is 12.1 Å². The van der Waals surface area contributed by atoms with Crippen LogP contribution < -0.4 is 5.32 Å². The van der Waals surface area contributed by atoms with Gasteiger partial charge >= 0.3 is 0 Å². The lowest BCUT2D eigenvalue weighted by atomic mass is 9.78. The van der Waals surface area contributed by atoms with E-state index < -0.39 is 0 Å². The summed E-state index contributed by atoms with van der Waals surface area (Å²) in [6.45, 7) is 7.83. The molecule has 0 aromatic rings. The summed E-state index contributed by atoms with van der Waals surface area (Å²) in [7, 11) is 0. The second kappa shape index (κ2) is 7.05. The van der Waals surface area contributed by atoms with Crippen molar-refractivity contribution in [2.45, 2.75) is 70.4 Å². The first-order valence-corrected chi connectivity index (χ1v) is 8.28. The summed E-state index contributed by atoms with van der Waals surface area (Å²) >= 11 is 0. The van der Waals surface area contributed by atoms with Gasteiger partial charge in [0.25, 0.3) is 0 Å². The molecular formula is C16H32N2O. The summed E-state index contributed by atoms with van der Waals surface area (Å²) in [5, 5.41) is 13.3. The maximum Gasteiger partial charge on any atom is 0.0623 e. The molecule has 1 heterocycles. The molecule has 0 amide bonds. The van der Waals surface area contributed by atoms with E-state index in [2.05, 4.69) is 24.1 Å². The number of aliphatic hydroxyl groups excluding tert-OH is 1. The quantitative estimate of drug-likeness (QED) is 0.776. The summed E-state index contributed by atoms with van der Waals surface area (Å²) in [4.78, 5) is 2.67. The molecule has 2 rings (SSSR count). The maximum atomic E-state index is 9.75. The summed E-state index contributed by atoms with van der Waals surface area (Å²) in [5.41, 5.74) is -0.130. The highest BCUT2D eigenvalue weighted by molar-refractivity contribution is 4.93. The van der Waals surface area contributed by atoms with E-state index >= 15 is 0 Å². The van der Waals surface area contributed by atoms with Gasteiger partial charge in [-0.2, -0.15) is 0 Å². The Balaban J connectivity index is 1.95. The second-order valence-corrected chi connectivity index (χ2v) is 6.87. The number of likely N-dealkylation sites (tertiary alicyclic amines) is 1. The minimum Gasteiger partial charge on any atom is -0.394 e. The highest BCUT2D eigenvalue weighted by Gasteiger charge is 2.36. The third-order valence-electron chi connectivity index (χ3n) is 5.06. The number of aliphatic hydroxyl groups is 1. The van der Waals surface area contributed by atoms with Crippen LogP contribution in [0.3, 0.4) is 0 Å². The highest BCUT2D eigenvalue weighted by Crippen LogP contribution is 2.35. The lowest BCUT2D eigenvalue weighted by Crippen LogP contribution is -2.58. The fourth-order valence-electron chi connectivity index (χ4n) is 3.96. The molecular weight excluding hydrogens is 236 g/mol. The first-order chi connectivity index (χ1) is 9.18. The number of nitrogens with one attached hydrogen (secondary N) is 1. The molecule has 112 valence electrons. The molecule has 3 nitrogen and oxygen atoms in total. The monoisotopic (exact) mass is 268 g/mol. The molecule has 1 saturated carbocycles. The zero-order valence-corrected chi connectivity index (χ0v) is 12.8. The summed E-state index contributed by atoms with van der Waals surface area (Å²) in [6, 6.07) is 0.789. The molecule has 0 aromatic heterocycles. The van der Waals surface area contributed by atoms with Crippen LogP contribution in [-0.4, -0.2) is 47.8 Å².